The number of hydrogen-bond donors (Lipinski definition) is 2. The second-order valence-corrected chi connectivity index (χ2v) is 6.12. The number of aryl methyl sites for hydroxylation is 1. The fourth-order valence-corrected chi connectivity index (χ4v) is 2.74. The molecular weight excluding hydrogens is 326 g/mol. The van der Waals surface area contributed by atoms with Crippen LogP contribution < -0.4 is 10.1 Å². The van der Waals surface area contributed by atoms with E-state index < -0.39 is 6.10 Å². The molecule has 0 amide bonds. The summed E-state index contributed by atoms with van der Waals surface area (Å²) in [7, 11) is 0. The van der Waals surface area contributed by atoms with Crippen molar-refractivity contribution in [2.45, 2.75) is 13.0 Å². The third-order valence-corrected chi connectivity index (χ3v) is 3.97. The lowest BCUT2D eigenvalue weighted by Gasteiger charge is -2.13. The van der Waals surface area contributed by atoms with Crippen LogP contribution in [0.3, 0.4) is 0 Å². The molecular formula is C19H20ClNO3. The van der Waals surface area contributed by atoms with E-state index in [0.29, 0.717) is 24.7 Å². The maximum Gasteiger partial charge on any atom is 0.137 e. The smallest absolute Gasteiger partial charge is 0.137 e. The molecule has 24 heavy (non-hydrogen) atoms. The molecule has 3 aromatic rings. The lowest BCUT2D eigenvalue weighted by Crippen LogP contribution is -2.26. The number of fused-ring (bicyclic) bond motifs is 1. The Kier molecular flexibility index (Phi) is 5.41. The van der Waals surface area contributed by atoms with E-state index in [0.717, 1.165) is 28.0 Å². The van der Waals surface area contributed by atoms with Gasteiger partial charge in [-0.05, 0) is 42.8 Å². The van der Waals surface area contributed by atoms with E-state index in [9.17, 15) is 5.11 Å². The summed E-state index contributed by atoms with van der Waals surface area (Å²) in [6, 6.07) is 15.0. The summed E-state index contributed by atoms with van der Waals surface area (Å²) in [6.07, 6.45) is -0.592. The number of aliphatic hydroxyl groups is 1. The van der Waals surface area contributed by atoms with E-state index >= 15 is 0 Å². The molecule has 0 radical (unpaired) electrons. The van der Waals surface area contributed by atoms with Gasteiger partial charge in [0.25, 0.3) is 0 Å². The Morgan fingerprint density at radius 2 is 2.08 bits per heavy atom. The highest BCUT2D eigenvalue weighted by atomic mass is 35.5. The second-order valence-electron chi connectivity index (χ2n) is 5.68. The molecule has 1 aromatic heterocycles. The van der Waals surface area contributed by atoms with E-state index in [4.69, 9.17) is 20.8 Å². The molecule has 0 aliphatic heterocycles. The van der Waals surface area contributed by atoms with Gasteiger partial charge in [0.1, 0.15) is 23.7 Å². The molecule has 126 valence electrons. The molecule has 0 saturated heterocycles. The van der Waals surface area contributed by atoms with Crippen LogP contribution in [-0.2, 0) is 0 Å². The van der Waals surface area contributed by atoms with Crippen molar-refractivity contribution >= 4 is 22.6 Å². The first kappa shape index (κ1) is 16.8. The van der Waals surface area contributed by atoms with Crippen molar-refractivity contribution in [3.05, 3.63) is 64.9 Å². The van der Waals surface area contributed by atoms with E-state index in [1.165, 1.54) is 0 Å². The standard InChI is InChI=1S/C19H20ClNO3/c1-13-9-15-5-6-17(11-19(15)24-13)23-8-7-21-12-18(22)14-3-2-4-16(20)10-14/h2-6,9-11,18,21-22H,7-8,12H2,1H3. The Morgan fingerprint density at radius 1 is 1.21 bits per heavy atom. The predicted molar refractivity (Wildman–Crippen MR) is 95.7 cm³/mol. The van der Waals surface area contributed by atoms with E-state index in [1.807, 2.05) is 43.3 Å². The van der Waals surface area contributed by atoms with Gasteiger partial charge in [-0.2, -0.15) is 0 Å². The molecule has 3 rings (SSSR count). The number of nitrogens with one attached hydrogen (secondary N) is 1. The van der Waals surface area contributed by atoms with Gasteiger partial charge in [-0.3, -0.25) is 0 Å². The summed E-state index contributed by atoms with van der Waals surface area (Å²) in [6.45, 7) is 3.51. The molecule has 1 heterocycles. The number of furan rings is 1. The Bertz CT molecular complexity index is 815. The maximum atomic E-state index is 10.1. The highest BCUT2D eigenvalue weighted by Gasteiger charge is 2.07. The molecule has 1 unspecified atom stereocenters. The first-order chi connectivity index (χ1) is 11.6. The zero-order valence-electron chi connectivity index (χ0n) is 13.5. The topological polar surface area (TPSA) is 54.6 Å². The van der Waals surface area contributed by atoms with Gasteiger partial charge >= 0.3 is 0 Å². The minimum Gasteiger partial charge on any atom is -0.492 e. The number of halogens is 1. The summed E-state index contributed by atoms with van der Waals surface area (Å²) in [5, 5.41) is 15.0. The molecule has 0 aliphatic carbocycles. The highest BCUT2D eigenvalue weighted by molar-refractivity contribution is 6.30. The number of hydrogen-bond acceptors (Lipinski definition) is 4. The van der Waals surface area contributed by atoms with Crippen molar-refractivity contribution in [3.63, 3.8) is 0 Å². The monoisotopic (exact) mass is 345 g/mol. The summed E-state index contributed by atoms with van der Waals surface area (Å²) >= 11 is 5.92. The van der Waals surface area contributed by atoms with Crippen LogP contribution in [0.25, 0.3) is 11.0 Å². The van der Waals surface area contributed by atoms with Gasteiger partial charge in [0.05, 0.1) is 6.10 Å². The Morgan fingerprint density at radius 3 is 2.92 bits per heavy atom. The molecule has 2 aromatic carbocycles. The lowest BCUT2D eigenvalue weighted by atomic mass is 10.1. The fourth-order valence-electron chi connectivity index (χ4n) is 2.55. The molecule has 0 aliphatic rings. The third-order valence-electron chi connectivity index (χ3n) is 3.73. The molecule has 0 bridgehead atoms. The molecule has 1 atom stereocenters. The summed E-state index contributed by atoms with van der Waals surface area (Å²) in [5.41, 5.74) is 1.63. The number of ether oxygens (including phenoxy) is 1. The van der Waals surface area contributed by atoms with Crippen LogP contribution >= 0.6 is 11.6 Å². The number of benzene rings is 2. The van der Waals surface area contributed by atoms with Crippen molar-refractivity contribution < 1.29 is 14.3 Å². The SMILES string of the molecule is Cc1cc2ccc(OCCNCC(O)c3cccc(Cl)c3)cc2o1. The number of rotatable bonds is 7. The lowest BCUT2D eigenvalue weighted by molar-refractivity contribution is 0.172. The highest BCUT2D eigenvalue weighted by Crippen LogP contribution is 2.23. The van der Waals surface area contributed by atoms with Crippen molar-refractivity contribution in [1.82, 2.24) is 5.32 Å². The van der Waals surface area contributed by atoms with E-state index in [-0.39, 0.29) is 0 Å². The average Bonchev–Trinajstić information content (AvgIpc) is 2.93. The van der Waals surface area contributed by atoms with Crippen molar-refractivity contribution in [2.75, 3.05) is 19.7 Å². The Labute approximate surface area is 146 Å². The Balaban J connectivity index is 1.43. The van der Waals surface area contributed by atoms with Crippen LogP contribution in [0.4, 0.5) is 0 Å². The van der Waals surface area contributed by atoms with Gasteiger partial charge in [0, 0.05) is 29.6 Å². The fraction of sp³-hybridized carbons (Fsp3) is 0.263. The first-order valence-electron chi connectivity index (χ1n) is 7.89. The summed E-state index contributed by atoms with van der Waals surface area (Å²) in [4.78, 5) is 0. The maximum absolute atomic E-state index is 10.1. The third kappa shape index (κ3) is 4.29. The van der Waals surface area contributed by atoms with Gasteiger partial charge in [-0.15, -0.1) is 0 Å². The van der Waals surface area contributed by atoms with Gasteiger partial charge in [-0.1, -0.05) is 23.7 Å². The van der Waals surface area contributed by atoms with Crippen LogP contribution in [0.15, 0.2) is 52.9 Å². The predicted octanol–water partition coefficient (Wildman–Crippen LogP) is 4.10. The zero-order chi connectivity index (χ0) is 16.9. The average molecular weight is 346 g/mol. The number of aliphatic hydroxyl groups excluding tert-OH is 1. The van der Waals surface area contributed by atoms with Crippen molar-refractivity contribution in [1.29, 1.82) is 0 Å². The molecule has 0 spiro atoms. The van der Waals surface area contributed by atoms with E-state index in [1.54, 1.807) is 12.1 Å². The summed E-state index contributed by atoms with van der Waals surface area (Å²) in [5.74, 6) is 1.66. The van der Waals surface area contributed by atoms with Gasteiger partial charge in [0.15, 0.2) is 0 Å². The van der Waals surface area contributed by atoms with E-state index in [2.05, 4.69) is 5.32 Å². The van der Waals surface area contributed by atoms with Crippen LogP contribution in [0.5, 0.6) is 5.75 Å². The van der Waals surface area contributed by atoms with Gasteiger partial charge in [0.2, 0.25) is 0 Å². The van der Waals surface area contributed by atoms with Crippen LogP contribution in [-0.4, -0.2) is 24.8 Å². The zero-order valence-corrected chi connectivity index (χ0v) is 14.2. The largest absolute Gasteiger partial charge is 0.492 e. The minimum absolute atomic E-state index is 0.445. The van der Waals surface area contributed by atoms with Gasteiger partial charge in [-0.25, -0.2) is 0 Å². The van der Waals surface area contributed by atoms with Crippen molar-refractivity contribution in [3.8, 4) is 5.75 Å². The quantitative estimate of drug-likeness (QED) is 0.633. The first-order valence-corrected chi connectivity index (χ1v) is 8.27. The molecule has 4 nitrogen and oxygen atoms in total. The minimum atomic E-state index is -0.592. The molecule has 5 heteroatoms. The molecule has 2 N–H and O–H groups in total. The van der Waals surface area contributed by atoms with Crippen LogP contribution in [0.1, 0.15) is 17.4 Å². The van der Waals surface area contributed by atoms with Crippen LogP contribution in [0, 0.1) is 6.92 Å². The van der Waals surface area contributed by atoms with Crippen LogP contribution in [0.2, 0.25) is 5.02 Å². The normalized spacial score (nSPS) is 12.5. The second kappa shape index (κ2) is 7.71. The Hall–Kier alpha value is -2.01. The van der Waals surface area contributed by atoms with Gasteiger partial charge < -0.3 is 19.6 Å². The molecule has 0 saturated carbocycles. The summed E-state index contributed by atoms with van der Waals surface area (Å²) < 4.78 is 11.3. The van der Waals surface area contributed by atoms with Crippen molar-refractivity contribution in [2.24, 2.45) is 0 Å². The molecule has 0 fully saturated rings.